The van der Waals surface area contributed by atoms with Gasteiger partial charge in [-0.3, -0.25) is 0 Å². The van der Waals surface area contributed by atoms with Gasteiger partial charge in [-0.25, -0.2) is 8.57 Å². The van der Waals surface area contributed by atoms with Gasteiger partial charge in [0.05, 0.1) is 21.1 Å². The molecule has 0 aliphatic heterocycles. The lowest BCUT2D eigenvalue weighted by atomic mass is 9.62. The summed E-state index contributed by atoms with van der Waals surface area (Å²) in [5.74, 6) is 0.814. The van der Waals surface area contributed by atoms with Crippen LogP contribution in [-0.4, -0.2) is 27.7 Å². The molecule has 0 amide bonds. The largest absolute Gasteiger partial charge is 0.389 e. The molecule has 0 saturated heterocycles. The molecular formula is C19H21NO2S. The Morgan fingerprint density at radius 2 is 1.87 bits per heavy atom. The van der Waals surface area contributed by atoms with Crippen molar-refractivity contribution in [3.63, 3.8) is 0 Å². The summed E-state index contributed by atoms with van der Waals surface area (Å²) in [5, 5.41) is 11.1. The second-order valence-corrected chi connectivity index (χ2v) is 9.11. The van der Waals surface area contributed by atoms with Crippen LogP contribution in [0, 0.1) is 5.92 Å². The van der Waals surface area contributed by atoms with Crippen LogP contribution in [0.5, 0.6) is 0 Å². The molecule has 0 radical (unpaired) electrons. The number of hydrogen-bond acceptors (Lipinski definition) is 3. The first-order valence-corrected chi connectivity index (χ1v) is 9.72. The molecule has 0 aromatic heterocycles. The van der Waals surface area contributed by atoms with Gasteiger partial charge < -0.3 is 5.11 Å². The van der Waals surface area contributed by atoms with E-state index in [0.29, 0.717) is 12.3 Å². The molecule has 0 unspecified atom stereocenters. The Bertz CT molecular complexity index is 855. The van der Waals surface area contributed by atoms with E-state index in [0.717, 1.165) is 11.3 Å². The van der Waals surface area contributed by atoms with Crippen LogP contribution >= 0.6 is 0 Å². The highest BCUT2D eigenvalue weighted by Gasteiger charge is 2.57. The highest BCUT2D eigenvalue weighted by Crippen LogP contribution is 2.57. The Balaban J connectivity index is 1.63. The average Bonchev–Trinajstić information content (AvgIpc) is 2.90. The Morgan fingerprint density at radius 1 is 1.17 bits per heavy atom. The first kappa shape index (κ1) is 14.9. The minimum Gasteiger partial charge on any atom is -0.389 e. The predicted molar refractivity (Wildman–Crippen MR) is 92.0 cm³/mol. The van der Waals surface area contributed by atoms with Gasteiger partial charge in [-0.2, -0.15) is 0 Å². The summed E-state index contributed by atoms with van der Waals surface area (Å²) in [7, 11) is -0.980. The van der Waals surface area contributed by atoms with E-state index in [1.165, 1.54) is 11.1 Å². The molecule has 4 atom stereocenters. The van der Waals surface area contributed by atoms with Gasteiger partial charge in [-0.15, -0.1) is 0 Å². The molecule has 2 aromatic rings. The molecule has 23 heavy (non-hydrogen) atoms. The van der Waals surface area contributed by atoms with E-state index < -0.39 is 15.3 Å². The molecule has 2 aliphatic rings. The number of rotatable bonds is 3. The van der Waals surface area contributed by atoms with E-state index in [-0.39, 0.29) is 11.7 Å². The molecule has 4 rings (SSSR count). The van der Waals surface area contributed by atoms with Crippen molar-refractivity contribution in [2.24, 2.45) is 10.3 Å². The zero-order valence-electron chi connectivity index (χ0n) is 13.2. The van der Waals surface area contributed by atoms with E-state index in [9.17, 15) is 9.32 Å². The summed E-state index contributed by atoms with van der Waals surface area (Å²) in [4.78, 5) is 0.717. The minimum atomic E-state index is -2.58. The Labute approximate surface area is 137 Å². The van der Waals surface area contributed by atoms with Gasteiger partial charge in [-0.05, 0) is 47.9 Å². The van der Waals surface area contributed by atoms with Gasteiger partial charge in [-0.1, -0.05) is 42.5 Å². The summed E-state index contributed by atoms with van der Waals surface area (Å²) in [6, 6.07) is 17.8. The maximum absolute atomic E-state index is 13.3. The van der Waals surface area contributed by atoms with Crippen LogP contribution < -0.4 is 0 Å². The van der Waals surface area contributed by atoms with Gasteiger partial charge >= 0.3 is 0 Å². The normalized spacial score (nSPS) is 30.7. The number of hydrogen-bond donors (Lipinski definition) is 1. The molecule has 2 aliphatic carbocycles. The second-order valence-electron chi connectivity index (χ2n) is 6.70. The third kappa shape index (κ3) is 2.24. The smallest absolute Gasteiger partial charge is 0.0817 e. The third-order valence-electron chi connectivity index (χ3n) is 5.50. The molecule has 1 N–H and O–H groups in total. The van der Waals surface area contributed by atoms with Gasteiger partial charge in [0, 0.05) is 11.9 Å². The molecule has 0 spiro atoms. The van der Waals surface area contributed by atoms with E-state index in [1.807, 2.05) is 30.3 Å². The maximum Gasteiger partial charge on any atom is 0.0817 e. The topological polar surface area (TPSA) is 49.7 Å². The van der Waals surface area contributed by atoms with Crippen LogP contribution in [0.3, 0.4) is 0 Å². The molecule has 120 valence electrons. The third-order valence-corrected chi connectivity index (χ3v) is 7.99. The van der Waals surface area contributed by atoms with Crippen LogP contribution in [-0.2, 0) is 16.1 Å². The quantitative estimate of drug-likeness (QED) is 0.941. The van der Waals surface area contributed by atoms with E-state index in [2.05, 4.69) is 28.6 Å². The Kier molecular flexibility index (Phi) is 3.36. The van der Waals surface area contributed by atoms with Crippen molar-refractivity contribution >= 4 is 9.73 Å². The molecular weight excluding hydrogens is 306 g/mol. The fourth-order valence-corrected chi connectivity index (χ4v) is 6.36. The van der Waals surface area contributed by atoms with Crippen molar-refractivity contribution in [3.05, 3.63) is 65.7 Å². The SMILES string of the molecule is CN=[S@](=O)(C[C@@]1(O)C[C@H]2c3ccccc3C[C@H]21)c1ccccc1. The monoisotopic (exact) mass is 327 g/mol. The van der Waals surface area contributed by atoms with E-state index in [4.69, 9.17) is 0 Å². The summed E-state index contributed by atoms with van der Waals surface area (Å²) in [5.41, 5.74) is 1.82. The Hall–Kier alpha value is -1.65. The first-order chi connectivity index (χ1) is 11.1. The number of fused-ring (bicyclic) bond motifs is 3. The fraction of sp³-hybridized carbons (Fsp3) is 0.368. The molecule has 1 fully saturated rings. The van der Waals surface area contributed by atoms with Gasteiger partial charge in [0.2, 0.25) is 0 Å². The van der Waals surface area contributed by atoms with Gasteiger partial charge in [0.25, 0.3) is 0 Å². The number of aliphatic hydroxyl groups is 1. The van der Waals surface area contributed by atoms with Crippen molar-refractivity contribution in [3.8, 4) is 0 Å². The Morgan fingerprint density at radius 3 is 2.61 bits per heavy atom. The molecule has 2 aromatic carbocycles. The highest BCUT2D eigenvalue weighted by atomic mass is 32.2. The highest BCUT2D eigenvalue weighted by molar-refractivity contribution is 7.93. The van der Waals surface area contributed by atoms with E-state index >= 15 is 0 Å². The maximum atomic E-state index is 13.3. The summed E-state index contributed by atoms with van der Waals surface area (Å²) in [6.07, 6.45) is 1.57. The first-order valence-electron chi connectivity index (χ1n) is 8.04. The van der Waals surface area contributed by atoms with E-state index in [1.54, 1.807) is 7.05 Å². The summed E-state index contributed by atoms with van der Waals surface area (Å²) < 4.78 is 17.5. The van der Waals surface area contributed by atoms with Crippen molar-refractivity contribution in [2.45, 2.75) is 29.3 Å². The van der Waals surface area contributed by atoms with Crippen molar-refractivity contribution < 1.29 is 9.32 Å². The lowest BCUT2D eigenvalue weighted by Crippen LogP contribution is -2.55. The lowest BCUT2D eigenvalue weighted by molar-refractivity contribution is -0.0850. The van der Waals surface area contributed by atoms with Crippen molar-refractivity contribution in [1.82, 2.24) is 0 Å². The van der Waals surface area contributed by atoms with Gasteiger partial charge in [0.1, 0.15) is 0 Å². The number of nitrogens with zero attached hydrogens (tertiary/aromatic N) is 1. The average molecular weight is 327 g/mol. The van der Waals surface area contributed by atoms with Crippen LogP contribution in [0.1, 0.15) is 23.5 Å². The molecule has 4 heteroatoms. The lowest BCUT2D eigenvalue weighted by Gasteiger charge is -2.49. The number of benzene rings is 2. The fourth-order valence-electron chi connectivity index (χ4n) is 4.26. The standard InChI is InChI=1S/C19H21NO2S/c1-20-23(22,15-8-3-2-4-9-15)13-19(21)12-17-16-10-6-5-7-14(16)11-18(17)19/h2-10,17-18,21H,11-13H2,1H3/t17-,18+,19-,23-/m0/s1. The summed E-state index contributed by atoms with van der Waals surface area (Å²) >= 11 is 0. The zero-order chi connectivity index (χ0) is 16.1. The molecule has 0 bridgehead atoms. The zero-order valence-corrected chi connectivity index (χ0v) is 14.0. The molecule has 0 heterocycles. The van der Waals surface area contributed by atoms with Crippen LogP contribution in [0.2, 0.25) is 0 Å². The predicted octanol–water partition coefficient (Wildman–Crippen LogP) is 3.23. The second kappa shape index (κ2) is 5.18. The van der Waals surface area contributed by atoms with Crippen LogP contribution in [0.4, 0.5) is 0 Å². The minimum absolute atomic E-state index is 0.172. The summed E-state index contributed by atoms with van der Waals surface area (Å²) in [6.45, 7) is 0. The molecule has 3 nitrogen and oxygen atoms in total. The van der Waals surface area contributed by atoms with Crippen LogP contribution in [0.15, 0.2) is 63.9 Å². The van der Waals surface area contributed by atoms with Crippen LogP contribution in [0.25, 0.3) is 0 Å². The van der Waals surface area contributed by atoms with Crippen molar-refractivity contribution in [1.29, 1.82) is 0 Å². The van der Waals surface area contributed by atoms with Gasteiger partial charge in [0.15, 0.2) is 0 Å². The van der Waals surface area contributed by atoms with Crippen molar-refractivity contribution in [2.75, 3.05) is 12.8 Å². The molecule has 1 saturated carbocycles.